The molecule has 152 valence electrons. The Bertz CT molecular complexity index is 878. The molecule has 1 atom stereocenters. The third kappa shape index (κ3) is 4.09. The number of halogens is 3. The SMILES string of the molecule is CC(C)COc1cccc2ccc([C@H](N3CC(C)(C)C(=O)N3)C(F)(F)F)cc12. The fourth-order valence-electron chi connectivity index (χ4n) is 3.33. The molecule has 28 heavy (non-hydrogen) atoms. The number of amides is 1. The maximum atomic E-state index is 14.0. The van der Waals surface area contributed by atoms with Crippen LogP contribution in [-0.2, 0) is 4.79 Å². The van der Waals surface area contributed by atoms with Crippen molar-refractivity contribution in [2.75, 3.05) is 13.2 Å². The lowest BCUT2D eigenvalue weighted by molar-refractivity contribution is -0.191. The highest BCUT2D eigenvalue weighted by molar-refractivity contribution is 5.89. The van der Waals surface area contributed by atoms with Crippen LogP contribution in [0.1, 0.15) is 39.3 Å². The van der Waals surface area contributed by atoms with Gasteiger partial charge in [0.1, 0.15) is 11.8 Å². The molecule has 0 aromatic heterocycles. The van der Waals surface area contributed by atoms with Crippen LogP contribution in [0.25, 0.3) is 10.8 Å². The summed E-state index contributed by atoms with van der Waals surface area (Å²) in [5.74, 6) is 0.437. The molecule has 1 amide bonds. The fourth-order valence-corrected chi connectivity index (χ4v) is 3.33. The van der Waals surface area contributed by atoms with Crippen molar-refractivity contribution in [2.24, 2.45) is 11.3 Å². The second-order valence-electron chi connectivity index (χ2n) is 8.34. The molecule has 2 aromatic carbocycles. The predicted octanol–water partition coefficient (Wildman–Crippen LogP) is 4.85. The van der Waals surface area contributed by atoms with E-state index in [1.54, 1.807) is 26.0 Å². The Morgan fingerprint density at radius 3 is 2.50 bits per heavy atom. The summed E-state index contributed by atoms with van der Waals surface area (Å²) in [5, 5.41) is 2.41. The highest BCUT2D eigenvalue weighted by atomic mass is 19.4. The summed E-state index contributed by atoms with van der Waals surface area (Å²) in [4.78, 5) is 12.0. The first kappa shape index (κ1) is 20.5. The Morgan fingerprint density at radius 1 is 1.21 bits per heavy atom. The van der Waals surface area contributed by atoms with Crippen LogP contribution in [0.5, 0.6) is 5.75 Å². The number of fused-ring (bicyclic) bond motifs is 1. The van der Waals surface area contributed by atoms with Crippen LogP contribution in [0, 0.1) is 11.3 Å². The molecule has 0 bridgehead atoms. The first-order valence-electron chi connectivity index (χ1n) is 9.29. The lowest BCUT2D eigenvalue weighted by Gasteiger charge is -2.30. The monoisotopic (exact) mass is 394 g/mol. The van der Waals surface area contributed by atoms with E-state index in [0.29, 0.717) is 23.7 Å². The molecule has 2 aromatic rings. The third-order valence-corrected chi connectivity index (χ3v) is 4.80. The average Bonchev–Trinajstić information content (AvgIpc) is 2.84. The molecule has 1 aliphatic rings. The minimum atomic E-state index is -4.55. The summed E-state index contributed by atoms with van der Waals surface area (Å²) < 4.78 is 47.7. The second kappa shape index (κ2) is 7.28. The number of benzene rings is 2. The van der Waals surface area contributed by atoms with E-state index in [-0.39, 0.29) is 12.1 Å². The highest BCUT2D eigenvalue weighted by Crippen LogP contribution is 2.42. The van der Waals surface area contributed by atoms with E-state index >= 15 is 0 Å². The van der Waals surface area contributed by atoms with Crippen LogP contribution in [0.15, 0.2) is 36.4 Å². The minimum Gasteiger partial charge on any atom is -0.493 e. The Balaban J connectivity index is 2.03. The van der Waals surface area contributed by atoms with Gasteiger partial charge >= 0.3 is 6.18 Å². The van der Waals surface area contributed by atoms with E-state index in [1.165, 1.54) is 12.1 Å². The maximum Gasteiger partial charge on any atom is 0.409 e. The minimum absolute atomic E-state index is 0.0282. The molecule has 0 aliphatic carbocycles. The van der Waals surface area contributed by atoms with E-state index in [9.17, 15) is 18.0 Å². The van der Waals surface area contributed by atoms with Crippen molar-refractivity contribution in [3.05, 3.63) is 42.0 Å². The smallest absolute Gasteiger partial charge is 0.409 e. The van der Waals surface area contributed by atoms with Crippen LogP contribution in [-0.4, -0.2) is 30.2 Å². The number of rotatable bonds is 5. The van der Waals surface area contributed by atoms with Crippen molar-refractivity contribution in [3.8, 4) is 5.75 Å². The van der Waals surface area contributed by atoms with Crippen LogP contribution in [0.3, 0.4) is 0 Å². The predicted molar refractivity (Wildman–Crippen MR) is 102 cm³/mol. The molecule has 3 rings (SSSR count). The zero-order chi connectivity index (χ0) is 20.7. The number of carbonyl (C=O) groups is 1. The molecule has 7 heteroatoms. The lowest BCUT2D eigenvalue weighted by Crippen LogP contribution is -2.43. The molecule has 0 unspecified atom stereocenters. The van der Waals surface area contributed by atoms with Gasteiger partial charge in [-0.05, 0) is 42.8 Å². The molecule has 1 heterocycles. The number of ether oxygens (including phenoxy) is 1. The first-order chi connectivity index (χ1) is 13.0. The Morgan fingerprint density at radius 2 is 1.93 bits per heavy atom. The summed E-state index contributed by atoms with van der Waals surface area (Å²) in [5.41, 5.74) is 1.58. The summed E-state index contributed by atoms with van der Waals surface area (Å²) in [6.07, 6.45) is -4.55. The van der Waals surface area contributed by atoms with Gasteiger partial charge in [-0.25, -0.2) is 5.01 Å². The molecule has 4 nitrogen and oxygen atoms in total. The van der Waals surface area contributed by atoms with E-state index in [2.05, 4.69) is 5.43 Å². The Hall–Kier alpha value is -2.28. The molecule has 1 N–H and O–H groups in total. The Kier molecular flexibility index (Phi) is 5.32. The first-order valence-corrected chi connectivity index (χ1v) is 9.29. The molecule has 0 spiro atoms. The van der Waals surface area contributed by atoms with Gasteiger partial charge in [-0.1, -0.05) is 38.1 Å². The molecule has 1 aliphatic heterocycles. The van der Waals surface area contributed by atoms with Gasteiger partial charge < -0.3 is 4.74 Å². The van der Waals surface area contributed by atoms with Gasteiger partial charge in [-0.2, -0.15) is 13.2 Å². The summed E-state index contributed by atoms with van der Waals surface area (Å²) >= 11 is 0. The van der Waals surface area contributed by atoms with E-state index in [0.717, 1.165) is 10.4 Å². The van der Waals surface area contributed by atoms with E-state index in [1.807, 2.05) is 26.0 Å². The number of carbonyl (C=O) groups excluding carboxylic acids is 1. The average molecular weight is 394 g/mol. The number of alkyl halides is 3. The van der Waals surface area contributed by atoms with Crippen LogP contribution in [0.2, 0.25) is 0 Å². The molecule has 0 radical (unpaired) electrons. The fraction of sp³-hybridized carbons (Fsp3) is 0.476. The highest BCUT2D eigenvalue weighted by Gasteiger charge is 2.51. The summed E-state index contributed by atoms with van der Waals surface area (Å²) in [6, 6.07) is 8.13. The quantitative estimate of drug-likeness (QED) is 0.788. The zero-order valence-electron chi connectivity index (χ0n) is 16.4. The van der Waals surface area contributed by atoms with Crippen molar-refractivity contribution < 1.29 is 22.7 Å². The maximum absolute atomic E-state index is 14.0. The molecular formula is C21H25F3N2O2. The van der Waals surface area contributed by atoms with Gasteiger partial charge in [0, 0.05) is 11.9 Å². The number of hydrogen-bond acceptors (Lipinski definition) is 3. The van der Waals surface area contributed by atoms with Gasteiger partial charge in [0.2, 0.25) is 5.91 Å². The standard InChI is InChI=1S/C21H25F3N2O2/c1-13(2)11-28-17-7-5-6-14-8-9-15(10-16(14)17)18(21(22,23)24)26-12-20(3,4)19(27)25-26/h5-10,13,18H,11-12H2,1-4H3,(H,25,27)/t18-/m0/s1. The van der Waals surface area contributed by atoms with Crippen molar-refractivity contribution in [2.45, 2.75) is 39.9 Å². The molecular weight excluding hydrogens is 369 g/mol. The molecule has 1 fully saturated rings. The third-order valence-electron chi connectivity index (χ3n) is 4.80. The largest absolute Gasteiger partial charge is 0.493 e. The molecule has 0 saturated carbocycles. The summed E-state index contributed by atoms with van der Waals surface area (Å²) in [7, 11) is 0. The number of nitrogens with zero attached hydrogens (tertiary/aromatic N) is 1. The molecule has 1 saturated heterocycles. The van der Waals surface area contributed by atoms with Crippen LogP contribution < -0.4 is 10.2 Å². The van der Waals surface area contributed by atoms with Crippen molar-refractivity contribution in [1.29, 1.82) is 0 Å². The van der Waals surface area contributed by atoms with Gasteiger partial charge in [0.25, 0.3) is 0 Å². The van der Waals surface area contributed by atoms with Crippen molar-refractivity contribution >= 4 is 16.7 Å². The lowest BCUT2D eigenvalue weighted by atomic mass is 9.93. The van der Waals surface area contributed by atoms with E-state index < -0.39 is 23.5 Å². The van der Waals surface area contributed by atoms with Crippen LogP contribution >= 0.6 is 0 Å². The Labute approximate surface area is 162 Å². The van der Waals surface area contributed by atoms with Crippen molar-refractivity contribution in [1.82, 2.24) is 10.4 Å². The second-order valence-corrected chi connectivity index (χ2v) is 8.34. The van der Waals surface area contributed by atoms with Gasteiger partial charge in [-0.15, -0.1) is 0 Å². The summed E-state index contributed by atoms with van der Waals surface area (Å²) in [6.45, 7) is 7.73. The van der Waals surface area contributed by atoms with Gasteiger partial charge in [0.05, 0.1) is 12.0 Å². The number of nitrogens with one attached hydrogen (secondary N) is 1. The normalized spacial score (nSPS) is 18.5. The van der Waals surface area contributed by atoms with Gasteiger partial charge in [-0.3, -0.25) is 10.2 Å². The van der Waals surface area contributed by atoms with Crippen molar-refractivity contribution in [3.63, 3.8) is 0 Å². The number of hydrogen-bond donors (Lipinski definition) is 1. The topological polar surface area (TPSA) is 41.6 Å². The zero-order valence-corrected chi connectivity index (χ0v) is 16.4. The van der Waals surface area contributed by atoms with E-state index in [4.69, 9.17) is 4.74 Å². The van der Waals surface area contributed by atoms with Crippen LogP contribution in [0.4, 0.5) is 13.2 Å². The van der Waals surface area contributed by atoms with Gasteiger partial charge in [0.15, 0.2) is 0 Å². The number of hydrazine groups is 1.